The van der Waals surface area contributed by atoms with E-state index in [1.807, 2.05) is 12.1 Å². The fourth-order valence-electron chi connectivity index (χ4n) is 2.50. The van der Waals surface area contributed by atoms with E-state index in [-0.39, 0.29) is 29.3 Å². The molecule has 0 spiro atoms. The minimum absolute atomic E-state index is 0.00261. The summed E-state index contributed by atoms with van der Waals surface area (Å²) < 4.78 is 17.8. The number of nitrogens with one attached hydrogen (secondary N) is 1. The summed E-state index contributed by atoms with van der Waals surface area (Å²) in [6.45, 7) is 1.56. The number of benzene rings is 2. The van der Waals surface area contributed by atoms with Crippen LogP contribution in [0.1, 0.15) is 42.1 Å². The van der Waals surface area contributed by atoms with E-state index in [1.165, 1.54) is 6.07 Å². The molecule has 2 aromatic carbocycles. The van der Waals surface area contributed by atoms with Crippen LogP contribution in [0.15, 0.2) is 42.5 Å². The molecule has 148 valence electrons. The SMILES string of the molecule is CCCc1ccc(C(=O)CCC(=O)OCC(=O)Nc2ccc(F)cc2Cl)cc1. The van der Waals surface area contributed by atoms with Gasteiger partial charge >= 0.3 is 5.97 Å². The molecule has 2 rings (SSSR count). The van der Waals surface area contributed by atoms with Gasteiger partial charge in [-0.15, -0.1) is 0 Å². The number of hydrogen-bond donors (Lipinski definition) is 1. The van der Waals surface area contributed by atoms with E-state index >= 15 is 0 Å². The number of amides is 1. The number of ketones is 1. The van der Waals surface area contributed by atoms with Gasteiger partial charge in [0, 0.05) is 12.0 Å². The zero-order valence-corrected chi connectivity index (χ0v) is 16.2. The highest BCUT2D eigenvalue weighted by atomic mass is 35.5. The van der Waals surface area contributed by atoms with Crippen LogP contribution in [0.5, 0.6) is 0 Å². The van der Waals surface area contributed by atoms with Gasteiger partial charge in [-0.2, -0.15) is 0 Å². The molecule has 0 saturated carbocycles. The smallest absolute Gasteiger partial charge is 0.306 e. The summed E-state index contributed by atoms with van der Waals surface area (Å²) in [7, 11) is 0. The van der Waals surface area contributed by atoms with Gasteiger partial charge < -0.3 is 10.1 Å². The minimum atomic E-state index is -0.656. The van der Waals surface area contributed by atoms with Crippen LogP contribution in [-0.2, 0) is 20.7 Å². The van der Waals surface area contributed by atoms with E-state index in [0.717, 1.165) is 30.5 Å². The van der Waals surface area contributed by atoms with Gasteiger partial charge in [0.05, 0.1) is 17.1 Å². The average Bonchev–Trinajstić information content (AvgIpc) is 2.67. The molecule has 1 N–H and O–H groups in total. The molecule has 0 bridgehead atoms. The number of anilines is 1. The highest BCUT2D eigenvalue weighted by Crippen LogP contribution is 2.22. The molecule has 0 aliphatic carbocycles. The lowest BCUT2D eigenvalue weighted by Gasteiger charge is -2.08. The molecule has 0 unspecified atom stereocenters. The van der Waals surface area contributed by atoms with Crippen LogP contribution < -0.4 is 5.32 Å². The Morgan fingerprint density at radius 1 is 1.07 bits per heavy atom. The van der Waals surface area contributed by atoms with Gasteiger partial charge in [-0.3, -0.25) is 14.4 Å². The highest BCUT2D eigenvalue weighted by Gasteiger charge is 2.13. The van der Waals surface area contributed by atoms with E-state index in [4.69, 9.17) is 16.3 Å². The maximum Gasteiger partial charge on any atom is 0.306 e. The van der Waals surface area contributed by atoms with Crippen molar-refractivity contribution in [2.24, 2.45) is 0 Å². The Balaban J connectivity index is 1.74. The van der Waals surface area contributed by atoms with Gasteiger partial charge in [0.2, 0.25) is 0 Å². The molecular formula is C21H21ClFNO4. The Kier molecular flexibility index (Phi) is 8.14. The van der Waals surface area contributed by atoms with Crippen molar-refractivity contribution in [1.29, 1.82) is 0 Å². The first-order chi connectivity index (χ1) is 13.4. The first kappa shape index (κ1) is 21.6. The van der Waals surface area contributed by atoms with E-state index in [2.05, 4.69) is 12.2 Å². The maximum absolute atomic E-state index is 13.0. The van der Waals surface area contributed by atoms with Gasteiger partial charge in [-0.05, 0) is 30.2 Å². The van der Waals surface area contributed by atoms with Gasteiger partial charge in [0.1, 0.15) is 5.82 Å². The summed E-state index contributed by atoms with van der Waals surface area (Å²) in [5, 5.41) is 2.45. The topological polar surface area (TPSA) is 72.5 Å². The van der Waals surface area contributed by atoms with E-state index < -0.39 is 24.3 Å². The van der Waals surface area contributed by atoms with Crippen molar-refractivity contribution < 1.29 is 23.5 Å². The van der Waals surface area contributed by atoms with Crippen molar-refractivity contribution in [2.75, 3.05) is 11.9 Å². The molecule has 0 aromatic heterocycles. The summed E-state index contributed by atoms with van der Waals surface area (Å²) in [6, 6.07) is 10.8. The first-order valence-corrected chi connectivity index (χ1v) is 9.29. The number of rotatable bonds is 9. The standard InChI is InChI=1S/C21H21ClFNO4/c1-2-3-14-4-6-15(7-5-14)19(25)10-11-21(27)28-13-20(26)24-18-9-8-16(23)12-17(18)22/h4-9,12H,2-3,10-11,13H2,1H3,(H,24,26). The lowest BCUT2D eigenvalue weighted by Crippen LogP contribution is -2.21. The van der Waals surface area contributed by atoms with Crippen LogP contribution in [-0.4, -0.2) is 24.3 Å². The number of hydrogen-bond acceptors (Lipinski definition) is 4. The second-order valence-corrected chi connectivity index (χ2v) is 6.61. The third-order valence-electron chi connectivity index (χ3n) is 3.94. The Bertz CT molecular complexity index is 852. The van der Waals surface area contributed by atoms with Crippen molar-refractivity contribution in [3.8, 4) is 0 Å². The van der Waals surface area contributed by atoms with E-state index in [1.54, 1.807) is 12.1 Å². The Morgan fingerprint density at radius 3 is 2.43 bits per heavy atom. The second kappa shape index (κ2) is 10.6. The Morgan fingerprint density at radius 2 is 1.79 bits per heavy atom. The molecule has 0 heterocycles. The minimum Gasteiger partial charge on any atom is -0.456 e. The van der Waals surface area contributed by atoms with Crippen molar-refractivity contribution in [2.45, 2.75) is 32.6 Å². The Hall–Kier alpha value is -2.73. The zero-order chi connectivity index (χ0) is 20.5. The third-order valence-corrected chi connectivity index (χ3v) is 4.25. The zero-order valence-electron chi connectivity index (χ0n) is 15.5. The van der Waals surface area contributed by atoms with Crippen molar-refractivity contribution in [1.82, 2.24) is 0 Å². The first-order valence-electron chi connectivity index (χ1n) is 8.91. The summed E-state index contributed by atoms with van der Waals surface area (Å²) in [5.41, 5.74) is 1.91. The molecule has 1 amide bonds. The molecule has 0 aliphatic rings. The maximum atomic E-state index is 13.0. The van der Waals surface area contributed by atoms with Crippen LogP contribution in [0.4, 0.5) is 10.1 Å². The number of carbonyl (C=O) groups excluding carboxylic acids is 3. The van der Waals surface area contributed by atoms with Crippen LogP contribution in [0.3, 0.4) is 0 Å². The lowest BCUT2D eigenvalue weighted by molar-refractivity contribution is -0.147. The quantitative estimate of drug-likeness (QED) is 0.489. The van der Waals surface area contributed by atoms with E-state index in [9.17, 15) is 18.8 Å². The molecule has 0 fully saturated rings. The largest absolute Gasteiger partial charge is 0.456 e. The van der Waals surface area contributed by atoms with E-state index in [0.29, 0.717) is 5.56 Å². The number of carbonyl (C=O) groups is 3. The summed E-state index contributed by atoms with van der Waals surface area (Å²) in [4.78, 5) is 35.7. The van der Waals surface area contributed by atoms with Gasteiger partial charge in [-0.25, -0.2) is 4.39 Å². The van der Waals surface area contributed by atoms with Crippen LogP contribution in [0.2, 0.25) is 5.02 Å². The number of halogens is 2. The molecular weight excluding hydrogens is 385 g/mol. The van der Waals surface area contributed by atoms with Gasteiger partial charge in [0.25, 0.3) is 5.91 Å². The van der Waals surface area contributed by atoms with Crippen molar-refractivity contribution in [3.63, 3.8) is 0 Å². The fraction of sp³-hybridized carbons (Fsp3) is 0.286. The second-order valence-electron chi connectivity index (χ2n) is 6.20. The summed E-state index contributed by atoms with van der Waals surface area (Å²) in [6.07, 6.45) is 1.85. The molecule has 0 atom stereocenters. The van der Waals surface area contributed by atoms with Gasteiger partial charge in [0.15, 0.2) is 12.4 Å². The van der Waals surface area contributed by atoms with Crippen molar-refractivity contribution >= 4 is 34.9 Å². The molecule has 0 radical (unpaired) electrons. The summed E-state index contributed by atoms with van der Waals surface area (Å²) >= 11 is 5.81. The summed E-state index contributed by atoms with van der Waals surface area (Å²) in [5.74, 6) is -1.96. The third kappa shape index (κ3) is 6.78. The number of aryl methyl sites for hydroxylation is 1. The molecule has 5 nitrogen and oxygen atoms in total. The van der Waals surface area contributed by atoms with Crippen LogP contribution >= 0.6 is 11.6 Å². The predicted octanol–water partition coefficient (Wildman–Crippen LogP) is 4.58. The molecule has 0 aliphatic heterocycles. The highest BCUT2D eigenvalue weighted by molar-refractivity contribution is 6.33. The number of esters is 1. The molecule has 7 heteroatoms. The normalized spacial score (nSPS) is 10.4. The monoisotopic (exact) mass is 405 g/mol. The van der Waals surface area contributed by atoms with Gasteiger partial charge in [-0.1, -0.05) is 49.2 Å². The average molecular weight is 406 g/mol. The lowest BCUT2D eigenvalue weighted by atomic mass is 10.0. The Labute approximate surface area is 167 Å². The molecule has 28 heavy (non-hydrogen) atoms. The molecule has 0 saturated heterocycles. The van der Waals surface area contributed by atoms with Crippen LogP contribution in [0, 0.1) is 5.82 Å². The number of ether oxygens (including phenoxy) is 1. The molecule has 2 aromatic rings. The van der Waals surface area contributed by atoms with Crippen molar-refractivity contribution in [3.05, 3.63) is 64.4 Å². The number of Topliss-reactive ketones (excluding diaryl/α,β-unsaturated/α-hetero) is 1. The van der Waals surface area contributed by atoms with Crippen LogP contribution in [0.25, 0.3) is 0 Å². The predicted molar refractivity (Wildman–Crippen MR) is 105 cm³/mol. The fourth-order valence-corrected chi connectivity index (χ4v) is 2.72.